The molecule has 0 aromatic carbocycles. The molecule has 10 heavy (non-hydrogen) atoms. The molecule has 0 aromatic rings. The Morgan fingerprint density at radius 1 is 0.900 bits per heavy atom. The molecule has 0 heterocycles. The van der Waals surface area contributed by atoms with E-state index < -0.39 is 0 Å². The first-order chi connectivity index (χ1) is 4.86. The molecule has 58 valence electrons. The topological polar surface area (TPSA) is 0 Å². The van der Waals surface area contributed by atoms with Crippen molar-refractivity contribution in [1.82, 2.24) is 0 Å². The van der Waals surface area contributed by atoms with E-state index >= 15 is 0 Å². The van der Waals surface area contributed by atoms with Crippen LogP contribution >= 0.6 is 0 Å². The maximum absolute atomic E-state index is 2.43. The first kappa shape index (κ1) is 6.69. The van der Waals surface area contributed by atoms with Gasteiger partial charge in [0, 0.05) is 0 Å². The highest BCUT2D eigenvalue weighted by Crippen LogP contribution is 2.43. The molecule has 0 nitrogen and oxygen atoms in total. The van der Waals surface area contributed by atoms with Crippen LogP contribution in [0.3, 0.4) is 0 Å². The van der Waals surface area contributed by atoms with E-state index in [1.165, 1.54) is 12.8 Å². The minimum atomic E-state index is 1.04. The Morgan fingerprint density at radius 2 is 1.70 bits per heavy atom. The summed E-state index contributed by atoms with van der Waals surface area (Å²) in [6.45, 7) is 2.43. The highest BCUT2D eigenvalue weighted by molar-refractivity contribution is 4.83. The van der Waals surface area contributed by atoms with E-state index in [1.807, 2.05) is 0 Å². The van der Waals surface area contributed by atoms with Crippen LogP contribution in [-0.2, 0) is 0 Å². The van der Waals surface area contributed by atoms with Crippen LogP contribution in [0.15, 0.2) is 0 Å². The first-order valence-electron chi connectivity index (χ1n) is 4.86. The average molecular weight is 138 g/mol. The monoisotopic (exact) mass is 138 g/mol. The van der Waals surface area contributed by atoms with Crippen LogP contribution in [0.25, 0.3) is 0 Å². The second kappa shape index (κ2) is 2.56. The molecule has 0 heteroatoms. The smallest absolute Gasteiger partial charge is 0.0383 e. The molecule has 2 rings (SSSR count). The second-order valence-corrected chi connectivity index (χ2v) is 4.37. The molecule has 3 atom stereocenters. The average Bonchev–Trinajstić information content (AvgIpc) is 2.33. The van der Waals surface area contributed by atoms with Gasteiger partial charge in [-0.25, -0.2) is 0 Å². The van der Waals surface area contributed by atoms with Crippen LogP contribution in [0.2, 0.25) is 0 Å². The van der Waals surface area contributed by atoms with Crippen molar-refractivity contribution in [3.63, 3.8) is 0 Å². The van der Waals surface area contributed by atoms with Gasteiger partial charge in [0.1, 0.15) is 0 Å². The number of fused-ring (bicyclic) bond motifs is 1. The van der Waals surface area contributed by atoms with Crippen LogP contribution in [0, 0.1) is 17.8 Å². The van der Waals surface area contributed by atoms with E-state index in [0.29, 0.717) is 0 Å². The molecule has 0 saturated heterocycles. The van der Waals surface area contributed by atoms with Gasteiger partial charge >= 0.3 is 0 Å². The largest absolute Gasteiger partial charge is 0.0625 e. The second-order valence-electron chi connectivity index (χ2n) is 4.37. The summed E-state index contributed by atoms with van der Waals surface area (Å²) in [6.07, 6.45) is 9.24. The van der Waals surface area contributed by atoms with Crippen molar-refractivity contribution in [2.24, 2.45) is 17.8 Å². The highest BCUT2D eigenvalue weighted by atomic mass is 14.4. The van der Waals surface area contributed by atoms with Crippen LogP contribution in [-0.4, -0.2) is 0 Å². The minimum absolute atomic E-state index is 1.04. The fourth-order valence-electron chi connectivity index (χ4n) is 2.94. The van der Waals surface area contributed by atoms with Crippen molar-refractivity contribution in [3.8, 4) is 0 Å². The van der Waals surface area contributed by atoms with Gasteiger partial charge in [0.2, 0.25) is 0 Å². The molecule has 0 bridgehead atoms. The molecule has 2 saturated carbocycles. The molecule has 0 spiro atoms. The molecular formula is C10H18. The van der Waals surface area contributed by atoms with Crippen LogP contribution in [0.5, 0.6) is 0 Å². The summed E-state index contributed by atoms with van der Waals surface area (Å²) in [6, 6.07) is 0. The lowest BCUT2D eigenvalue weighted by Crippen LogP contribution is -2.18. The fourth-order valence-corrected chi connectivity index (χ4v) is 2.94. The lowest BCUT2D eigenvalue weighted by atomic mass is 9.77. The van der Waals surface area contributed by atoms with Gasteiger partial charge in [-0.15, -0.1) is 0 Å². The summed E-state index contributed by atoms with van der Waals surface area (Å²) in [5.41, 5.74) is 0. The standard InChI is InChI=1S/C10H18/c1-8-5-6-9-3-2-4-10(9)7-8/h8-10H,2-7H2,1H3/t8-,9-,10+/m1/s1. The molecular weight excluding hydrogens is 120 g/mol. The van der Waals surface area contributed by atoms with E-state index in [0.717, 1.165) is 17.8 Å². The summed E-state index contributed by atoms with van der Waals surface area (Å²) in [4.78, 5) is 0. The third-order valence-corrected chi connectivity index (χ3v) is 3.55. The number of hydrogen-bond acceptors (Lipinski definition) is 0. The molecule has 0 aromatic heterocycles. The molecule has 0 amide bonds. The predicted molar refractivity (Wildman–Crippen MR) is 43.8 cm³/mol. The molecule has 0 radical (unpaired) electrons. The molecule has 2 aliphatic carbocycles. The van der Waals surface area contributed by atoms with Gasteiger partial charge in [-0.05, 0) is 30.6 Å². The zero-order valence-corrected chi connectivity index (χ0v) is 6.97. The van der Waals surface area contributed by atoms with E-state index in [-0.39, 0.29) is 0 Å². The van der Waals surface area contributed by atoms with Gasteiger partial charge < -0.3 is 0 Å². The Hall–Kier alpha value is 0. The summed E-state index contributed by atoms with van der Waals surface area (Å²) < 4.78 is 0. The molecule has 0 N–H and O–H groups in total. The third-order valence-electron chi connectivity index (χ3n) is 3.55. The Labute approximate surface area is 64.0 Å². The van der Waals surface area contributed by atoms with E-state index in [1.54, 1.807) is 25.7 Å². The fraction of sp³-hybridized carbons (Fsp3) is 1.00. The minimum Gasteiger partial charge on any atom is -0.0625 e. The predicted octanol–water partition coefficient (Wildman–Crippen LogP) is 3.22. The Balaban J connectivity index is 1.96. The van der Waals surface area contributed by atoms with Crippen molar-refractivity contribution in [2.45, 2.75) is 45.4 Å². The zero-order chi connectivity index (χ0) is 6.97. The van der Waals surface area contributed by atoms with Gasteiger partial charge in [-0.1, -0.05) is 32.6 Å². The Kier molecular flexibility index (Phi) is 1.71. The van der Waals surface area contributed by atoms with Crippen molar-refractivity contribution >= 4 is 0 Å². The summed E-state index contributed by atoms with van der Waals surface area (Å²) in [5.74, 6) is 3.33. The summed E-state index contributed by atoms with van der Waals surface area (Å²) in [7, 11) is 0. The molecule has 0 aliphatic heterocycles. The number of hydrogen-bond donors (Lipinski definition) is 0. The van der Waals surface area contributed by atoms with Crippen molar-refractivity contribution in [1.29, 1.82) is 0 Å². The molecule has 0 unspecified atom stereocenters. The molecule has 2 aliphatic rings. The first-order valence-corrected chi connectivity index (χ1v) is 4.86. The van der Waals surface area contributed by atoms with Gasteiger partial charge in [0.05, 0.1) is 0 Å². The SMILES string of the molecule is C[C@@H]1CC[C@H]2CCC[C@H]2C1. The Bertz CT molecular complexity index is 117. The van der Waals surface area contributed by atoms with Gasteiger partial charge in [-0.2, -0.15) is 0 Å². The summed E-state index contributed by atoms with van der Waals surface area (Å²) in [5, 5.41) is 0. The van der Waals surface area contributed by atoms with Crippen molar-refractivity contribution < 1.29 is 0 Å². The van der Waals surface area contributed by atoms with E-state index in [9.17, 15) is 0 Å². The van der Waals surface area contributed by atoms with Crippen molar-refractivity contribution in [3.05, 3.63) is 0 Å². The maximum atomic E-state index is 2.43. The highest BCUT2D eigenvalue weighted by Gasteiger charge is 2.31. The number of rotatable bonds is 0. The van der Waals surface area contributed by atoms with Crippen molar-refractivity contribution in [2.75, 3.05) is 0 Å². The van der Waals surface area contributed by atoms with Gasteiger partial charge in [0.15, 0.2) is 0 Å². The normalized spacial score (nSPS) is 47.1. The maximum Gasteiger partial charge on any atom is -0.0383 e. The van der Waals surface area contributed by atoms with E-state index in [2.05, 4.69) is 6.92 Å². The lowest BCUT2D eigenvalue weighted by molar-refractivity contribution is 0.220. The van der Waals surface area contributed by atoms with Gasteiger partial charge in [0.25, 0.3) is 0 Å². The summed E-state index contributed by atoms with van der Waals surface area (Å²) >= 11 is 0. The third kappa shape index (κ3) is 1.09. The van der Waals surface area contributed by atoms with Crippen LogP contribution in [0.4, 0.5) is 0 Å². The van der Waals surface area contributed by atoms with Gasteiger partial charge in [-0.3, -0.25) is 0 Å². The zero-order valence-electron chi connectivity index (χ0n) is 6.97. The van der Waals surface area contributed by atoms with E-state index in [4.69, 9.17) is 0 Å². The molecule has 2 fully saturated rings. The Morgan fingerprint density at radius 3 is 2.60 bits per heavy atom. The van der Waals surface area contributed by atoms with Crippen LogP contribution < -0.4 is 0 Å². The lowest BCUT2D eigenvalue weighted by Gasteiger charge is -2.29. The van der Waals surface area contributed by atoms with Crippen LogP contribution in [0.1, 0.15) is 45.4 Å². The quantitative estimate of drug-likeness (QED) is 0.482.